The molecule has 0 aromatic rings. The van der Waals surface area contributed by atoms with Crippen LogP contribution < -0.4 is 5.32 Å². The van der Waals surface area contributed by atoms with Crippen LogP contribution in [0.25, 0.3) is 0 Å². The van der Waals surface area contributed by atoms with Crippen LogP contribution in [0.1, 0.15) is 59.8 Å². The lowest BCUT2D eigenvalue weighted by Gasteiger charge is -2.31. The van der Waals surface area contributed by atoms with Crippen molar-refractivity contribution in [3.05, 3.63) is 0 Å². The van der Waals surface area contributed by atoms with Gasteiger partial charge in [-0.15, -0.1) is 0 Å². The Morgan fingerprint density at radius 3 is 2.42 bits per heavy atom. The number of hydrogen-bond donors (Lipinski definition) is 2. The van der Waals surface area contributed by atoms with Crippen molar-refractivity contribution in [2.45, 2.75) is 77.4 Å². The van der Waals surface area contributed by atoms with E-state index in [4.69, 9.17) is 0 Å². The van der Waals surface area contributed by atoms with Crippen molar-refractivity contribution in [1.82, 2.24) is 10.2 Å². The van der Waals surface area contributed by atoms with Crippen LogP contribution >= 0.6 is 0 Å². The molecule has 3 nitrogen and oxygen atoms in total. The van der Waals surface area contributed by atoms with Crippen molar-refractivity contribution in [1.29, 1.82) is 0 Å². The standard InChI is InChI=1S/C16H34N2O/c1-13(2)11-14(3)18(5)10-6-9-16(4,12-19)17-15-7-8-15/h13-15,17,19H,6-12H2,1-5H3. The first kappa shape index (κ1) is 16.9. The van der Waals surface area contributed by atoms with Crippen molar-refractivity contribution in [3.8, 4) is 0 Å². The molecule has 1 aliphatic carbocycles. The normalized spacial score (nSPS) is 20.8. The summed E-state index contributed by atoms with van der Waals surface area (Å²) in [5.74, 6) is 0.761. The number of nitrogens with zero attached hydrogens (tertiary/aromatic N) is 1. The Bertz CT molecular complexity index is 253. The molecule has 0 bridgehead atoms. The molecule has 2 atom stereocenters. The molecule has 0 heterocycles. The van der Waals surface area contributed by atoms with Gasteiger partial charge in [0.25, 0.3) is 0 Å². The third-order valence-electron chi connectivity index (χ3n) is 4.28. The highest BCUT2D eigenvalue weighted by atomic mass is 16.3. The van der Waals surface area contributed by atoms with Gasteiger partial charge >= 0.3 is 0 Å². The summed E-state index contributed by atoms with van der Waals surface area (Å²) in [4.78, 5) is 2.45. The zero-order valence-electron chi connectivity index (χ0n) is 13.6. The summed E-state index contributed by atoms with van der Waals surface area (Å²) < 4.78 is 0. The Labute approximate surface area is 119 Å². The van der Waals surface area contributed by atoms with E-state index in [1.807, 2.05) is 0 Å². The quantitative estimate of drug-likeness (QED) is 0.640. The zero-order valence-corrected chi connectivity index (χ0v) is 13.6. The van der Waals surface area contributed by atoms with Gasteiger partial charge in [0, 0.05) is 17.6 Å². The molecule has 1 fully saturated rings. The van der Waals surface area contributed by atoms with Gasteiger partial charge < -0.3 is 15.3 Å². The lowest BCUT2D eigenvalue weighted by Crippen LogP contribution is -2.47. The average molecular weight is 270 g/mol. The molecule has 0 amide bonds. The van der Waals surface area contributed by atoms with Crippen LogP contribution in [0.2, 0.25) is 0 Å². The Kier molecular flexibility index (Phi) is 6.78. The molecule has 0 aromatic carbocycles. The van der Waals surface area contributed by atoms with Gasteiger partial charge in [0.05, 0.1) is 6.61 Å². The number of nitrogens with one attached hydrogen (secondary N) is 1. The van der Waals surface area contributed by atoms with Gasteiger partial charge in [-0.25, -0.2) is 0 Å². The van der Waals surface area contributed by atoms with E-state index in [2.05, 4.69) is 45.0 Å². The fourth-order valence-electron chi connectivity index (χ4n) is 2.72. The van der Waals surface area contributed by atoms with Crippen molar-refractivity contribution in [2.75, 3.05) is 20.2 Å². The summed E-state index contributed by atoms with van der Waals surface area (Å²) in [6, 6.07) is 1.31. The Hall–Kier alpha value is -0.120. The molecular formula is C16H34N2O. The topological polar surface area (TPSA) is 35.5 Å². The largest absolute Gasteiger partial charge is 0.394 e. The van der Waals surface area contributed by atoms with E-state index in [1.165, 1.54) is 19.3 Å². The molecule has 0 spiro atoms. The number of aliphatic hydroxyl groups excluding tert-OH is 1. The second kappa shape index (κ2) is 7.61. The average Bonchev–Trinajstić information content (AvgIpc) is 3.11. The Morgan fingerprint density at radius 2 is 1.95 bits per heavy atom. The summed E-state index contributed by atoms with van der Waals surface area (Å²) in [6.07, 6.45) is 6.02. The van der Waals surface area contributed by atoms with E-state index in [1.54, 1.807) is 0 Å². The summed E-state index contributed by atoms with van der Waals surface area (Å²) in [7, 11) is 2.22. The molecule has 114 valence electrons. The van der Waals surface area contributed by atoms with E-state index >= 15 is 0 Å². The van der Waals surface area contributed by atoms with Crippen LogP contribution in [0.3, 0.4) is 0 Å². The smallest absolute Gasteiger partial charge is 0.0610 e. The monoisotopic (exact) mass is 270 g/mol. The molecule has 0 saturated heterocycles. The lowest BCUT2D eigenvalue weighted by molar-refractivity contribution is 0.151. The third kappa shape index (κ3) is 6.73. The zero-order chi connectivity index (χ0) is 14.5. The highest BCUT2D eigenvalue weighted by molar-refractivity contribution is 4.92. The number of hydrogen-bond acceptors (Lipinski definition) is 3. The van der Waals surface area contributed by atoms with Crippen LogP contribution in [0.4, 0.5) is 0 Å². The van der Waals surface area contributed by atoms with Gasteiger partial charge in [0.2, 0.25) is 0 Å². The fourth-order valence-corrected chi connectivity index (χ4v) is 2.72. The van der Waals surface area contributed by atoms with Crippen molar-refractivity contribution < 1.29 is 5.11 Å². The van der Waals surface area contributed by atoms with E-state index in [0.717, 1.165) is 25.3 Å². The molecule has 1 aliphatic rings. The predicted molar refractivity (Wildman–Crippen MR) is 82.4 cm³/mol. The van der Waals surface area contributed by atoms with E-state index < -0.39 is 0 Å². The maximum atomic E-state index is 9.58. The Balaban J connectivity index is 2.23. The first-order chi connectivity index (χ1) is 8.86. The second-order valence-electron chi connectivity index (χ2n) is 7.20. The first-order valence-corrected chi connectivity index (χ1v) is 7.95. The number of rotatable bonds is 10. The number of aliphatic hydroxyl groups is 1. The van der Waals surface area contributed by atoms with E-state index in [-0.39, 0.29) is 12.1 Å². The van der Waals surface area contributed by atoms with Crippen LogP contribution in [0.5, 0.6) is 0 Å². The molecule has 0 aliphatic heterocycles. The molecule has 3 heteroatoms. The van der Waals surface area contributed by atoms with Gasteiger partial charge in [-0.1, -0.05) is 13.8 Å². The van der Waals surface area contributed by atoms with E-state index in [9.17, 15) is 5.11 Å². The lowest BCUT2D eigenvalue weighted by atomic mass is 9.96. The van der Waals surface area contributed by atoms with Crippen molar-refractivity contribution >= 4 is 0 Å². The molecular weight excluding hydrogens is 236 g/mol. The maximum Gasteiger partial charge on any atom is 0.0610 e. The molecule has 0 radical (unpaired) electrons. The fraction of sp³-hybridized carbons (Fsp3) is 1.00. The highest BCUT2D eigenvalue weighted by Gasteiger charge is 2.31. The molecule has 2 unspecified atom stereocenters. The van der Waals surface area contributed by atoms with Crippen LogP contribution in [-0.4, -0.2) is 47.8 Å². The van der Waals surface area contributed by atoms with Crippen molar-refractivity contribution in [2.24, 2.45) is 5.92 Å². The first-order valence-electron chi connectivity index (χ1n) is 7.95. The second-order valence-corrected chi connectivity index (χ2v) is 7.20. The third-order valence-corrected chi connectivity index (χ3v) is 4.28. The molecule has 19 heavy (non-hydrogen) atoms. The maximum absolute atomic E-state index is 9.58. The van der Waals surface area contributed by atoms with Gasteiger partial charge in [0.15, 0.2) is 0 Å². The summed E-state index contributed by atoms with van der Waals surface area (Å²) in [6.45, 7) is 10.4. The van der Waals surface area contributed by atoms with Crippen molar-refractivity contribution in [3.63, 3.8) is 0 Å². The minimum absolute atomic E-state index is 0.0801. The predicted octanol–water partition coefficient (Wildman–Crippen LogP) is 2.64. The van der Waals surface area contributed by atoms with Crippen LogP contribution in [0.15, 0.2) is 0 Å². The van der Waals surface area contributed by atoms with Gasteiger partial charge in [-0.2, -0.15) is 0 Å². The molecule has 0 aromatic heterocycles. The minimum atomic E-state index is -0.0801. The molecule has 1 saturated carbocycles. The molecule has 2 N–H and O–H groups in total. The minimum Gasteiger partial charge on any atom is -0.394 e. The Morgan fingerprint density at radius 1 is 1.32 bits per heavy atom. The SMILES string of the molecule is CC(C)CC(C)N(C)CCCC(C)(CO)NC1CC1. The van der Waals surface area contributed by atoms with Gasteiger partial charge in [-0.05, 0) is 65.5 Å². The summed E-state index contributed by atoms with van der Waals surface area (Å²) in [5, 5.41) is 13.2. The summed E-state index contributed by atoms with van der Waals surface area (Å²) >= 11 is 0. The summed E-state index contributed by atoms with van der Waals surface area (Å²) in [5.41, 5.74) is -0.0801. The van der Waals surface area contributed by atoms with Crippen LogP contribution in [0, 0.1) is 5.92 Å². The molecule has 1 rings (SSSR count). The van der Waals surface area contributed by atoms with E-state index in [0.29, 0.717) is 12.1 Å². The van der Waals surface area contributed by atoms with Gasteiger partial charge in [-0.3, -0.25) is 0 Å². The van der Waals surface area contributed by atoms with Crippen LogP contribution in [-0.2, 0) is 0 Å². The highest BCUT2D eigenvalue weighted by Crippen LogP contribution is 2.24. The van der Waals surface area contributed by atoms with Gasteiger partial charge in [0.1, 0.15) is 0 Å².